The van der Waals surface area contributed by atoms with Crippen LogP contribution in [-0.4, -0.2) is 23.4 Å². The number of amides is 1. The van der Waals surface area contributed by atoms with E-state index in [4.69, 9.17) is 0 Å². The fourth-order valence-corrected chi connectivity index (χ4v) is 0.454. The number of hydrogen-bond donors (Lipinski definition) is 0. The van der Waals surface area contributed by atoms with Gasteiger partial charge < -0.3 is 4.90 Å². The second-order valence-electron chi connectivity index (χ2n) is 1.51. The van der Waals surface area contributed by atoms with E-state index < -0.39 is 0 Å². The minimum atomic E-state index is 0.352. The Morgan fingerprint density at radius 1 is 2.00 bits per heavy atom. The van der Waals surface area contributed by atoms with Crippen molar-refractivity contribution in [1.82, 2.24) is 4.90 Å². The van der Waals surface area contributed by atoms with Gasteiger partial charge >= 0.3 is 0 Å². The summed E-state index contributed by atoms with van der Waals surface area (Å²) in [6.07, 6.45) is 0. The van der Waals surface area contributed by atoms with Crippen LogP contribution in [0.1, 0.15) is 0 Å². The highest BCUT2D eigenvalue weighted by Crippen LogP contribution is 2.35. The van der Waals surface area contributed by atoms with Gasteiger partial charge in [0.05, 0.1) is 6.54 Å². The monoisotopic (exact) mass is 69.0 g/mol. The first-order valence-electron chi connectivity index (χ1n) is 1.70. The second-order valence-corrected chi connectivity index (χ2v) is 1.51. The Kier molecular flexibility index (Phi) is 0.0849. The van der Waals surface area contributed by atoms with Gasteiger partial charge in [-0.15, -0.1) is 0 Å². The second kappa shape index (κ2) is 0.236. The van der Waals surface area contributed by atoms with Crippen molar-refractivity contribution in [1.29, 1.82) is 0 Å². The highest BCUT2D eigenvalue weighted by molar-refractivity contribution is 6.04. The summed E-state index contributed by atoms with van der Waals surface area (Å²) in [6, 6.07) is 0.412. The van der Waals surface area contributed by atoms with E-state index in [0.29, 0.717) is 11.9 Å². The SMILES string of the molecule is O=C1C2CN12. The first-order chi connectivity index (χ1) is 2.39. The number of fused-ring (bicyclic) bond motifs is 1. The molecule has 2 rings (SSSR count). The van der Waals surface area contributed by atoms with Gasteiger partial charge in [-0.3, -0.25) is 4.79 Å². The van der Waals surface area contributed by atoms with Crippen LogP contribution in [0.15, 0.2) is 0 Å². The van der Waals surface area contributed by atoms with Crippen molar-refractivity contribution in [3.8, 4) is 0 Å². The summed E-state index contributed by atoms with van der Waals surface area (Å²) in [5.74, 6) is 0.352. The van der Waals surface area contributed by atoms with E-state index in [2.05, 4.69) is 0 Å². The molecule has 2 fully saturated rings. The fourth-order valence-electron chi connectivity index (χ4n) is 0.454. The Labute approximate surface area is 29.4 Å². The minimum absolute atomic E-state index is 0.352. The Morgan fingerprint density at radius 3 is 2.40 bits per heavy atom. The normalized spacial score (nSPS) is 41.2. The van der Waals surface area contributed by atoms with Gasteiger partial charge in [-0.25, -0.2) is 0 Å². The van der Waals surface area contributed by atoms with Gasteiger partial charge in [0.1, 0.15) is 6.04 Å². The summed E-state index contributed by atoms with van der Waals surface area (Å²) < 4.78 is 0. The van der Waals surface area contributed by atoms with Crippen molar-refractivity contribution < 1.29 is 4.79 Å². The molecule has 0 radical (unpaired) electrons. The third kappa shape index (κ3) is 0.0570. The van der Waals surface area contributed by atoms with E-state index in [1.807, 2.05) is 4.90 Å². The molecule has 2 saturated heterocycles. The first-order valence-corrected chi connectivity index (χ1v) is 1.70. The van der Waals surface area contributed by atoms with E-state index >= 15 is 0 Å². The molecule has 0 aromatic rings. The van der Waals surface area contributed by atoms with Crippen LogP contribution in [-0.2, 0) is 4.79 Å². The highest BCUT2D eigenvalue weighted by atomic mass is 16.2. The quantitative estimate of drug-likeness (QED) is 0.269. The van der Waals surface area contributed by atoms with Crippen LogP contribution in [0, 0.1) is 0 Å². The van der Waals surface area contributed by atoms with Crippen molar-refractivity contribution in [2.24, 2.45) is 0 Å². The number of carbonyl (C=O) groups is 1. The Morgan fingerprint density at radius 2 is 2.40 bits per heavy atom. The van der Waals surface area contributed by atoms with Gasteiger partial charge in [0, 0.05) is 0 Å². The van der Waals surface area contributed by atoms with Crippen molar-refractivity contribution in [3.05, 3.63) is 0 Å². The Bertz CT molecular complexity index is 89.1. The lowest BCUT2D eigenvalue weighted by Gasteiger charge is -1.66. The van der Waals surface area contributed by atoms with Gasteiger partial charge in [0.15, 0.2) is 0 Å². The van der Waals surface area contributed by atoms with E-state index in [1.54, 1.807) is 0 Å². The van der Waals surface area contributed by atoms with E-state index in [-0.39, 0.29) is 0 Å². The Hall–Kier alpha value is -0.530. The predicted molar refractivity (Wildman–Crippen MR) is 15.5 cm³/mol. The van der Waals surface area contributed by atoms with Crippen LogP contribution >= 0.6 is 0 Å². The van der Waals surface area contributed by atoms with Crippen LogP contribution in [0.4, 0.5) is 0 Å². The zero-order chi connectivity index (χ0) is 3.44. The van der Waals surface area contributed by atoms with Crippen LogP contribution < -0.4 is 0 Å². The first kappa shape index (κ1) is 1.80. The summed E-state index contributed by atoms with van der Waals surface area (Å²) in [4.78, 5) is 11.7. The van der Waals surface area contributed by atoms with Gasteiger partial charge in [-0.05, 0) is 0 Å². The zero-order valence-corrected chi connectivity index (χ0v) is 2.64. The van der Waals surface area contributed by atoms with Crippen LogP contribution in [0.5, 0.6) is 0 Å². The number of hydrogen-bond acceptors (Lipinski definition) is 1. The number of nitrogens with zero attached hydrogens (tertiary/aromatic N) is 1. The molecule has 1 amide bonds. The predicted octanol–water partition coefficient (Wildman–Crippen LogP) is -0.789. The molecule has 0 spiro atoms. The molecule has 2 heteroatoms. The van der Waals surface area contributed by atoms with Crippen molar-refractivity contribution in [2.75, 3.05) is 6.54 Å². The molecule has 0 saturated carbocycles. The number of carbonyl (C=O) groups excluding carboxylic acids is 1. The molecular weight excluding hydrogens is 66.0 g/mol. The lowest BCUT2D eigenvalue weighted by molar-refractivity contribution is -0.115. The molecule has 2 heterocycles. The minimum Gasteiger partial charge on any atom is -0.324 e. The summed E-state index contributed by atoms with van der Waals surface area (Å²) in [5.41, 5.74) is 0. The molecule has 0 bridgehead atoms. The fraction of sp³-hybridized carbons (Fsp3) is 0.667. The van der Waals surface area contributed by atoms with Crippen LogP contribution in [0.2, 0.25) is 0 Å². The lowest BCUT2D eigenvalue weighted by atomic mass is 10.5. The summed E-state index contributed by atoms with van der Waals surface area (Å²) in [6.45, 7) is 1.05. The maximum absolute atomic E-state index is 9.86. The van der Waals surface area contributed by atoms with E-state index in [0.717, 1.165) is 6.54 Å². The molecule has 0 aromatic heterocycles. The number of rotatable bonds is 0. The van der Waals surface area contributed by atoms with Crippen LogP contribution in [0.25, 0.3) is 0 Å². The largest absolute Gasteiger partial charge is 0.324 e. The average Bonchev–Trinajstić information content (AvgIpc) is 2.11. The molecule has 5 heavy (non-hydrogen) atoms. The van der Waals surface area contributed by atoms with Crippen molar-refractivity contribution in [3.63, 3.8) is 0 Å². The molecule has 0 N–H and O–H groups in total. The van der Waals surface area contributed by atoms with Gasteiger partial charge in [0.25, 0.3) is 0 Å². The molecule has 0 aromatic carbocycles. The van der Waals surface area contributed by atoms with E-state index in [1.165, 1.54) is 0 Å². The summed E-state index contributed by atoms with van der Waals surface area (Å²) >= 11 is 0. The summed E-state index contributed by atoms with van der Waals surface area (Å²) in [5, 5.41) is 0. The lowest BCUT2D eigenvalue weighted by Crippen LogP contribution is -1.91. The Balaban J connectivity index is 2.46. The molecule has 2 nitrogen and oxygen atoms in total. The van der Waals surface area contributed by atoms with Crippen LogP contribution in [0.3, 0.4) is 0 Å². The maximum atomic E-state index is 9.86. The molecule has 2 aliphatic rings. The van der Waals surface area contributed by atoms with Crippen molar-refractivity contribution >= 4 is 5.91 Å². The molecular formula is C3H3NO. The molecule has 1 atom stereocenters. The molecule has 1 unspecified atom stereocenters. The zero-order valence-electron chi connectivity index (χ0n) is 2.64. The third-order valence-electron chi connectivity index (χ3n) is 1.11. The van der Waals surface area contributed by atoms with Crippen molar-refractivity contribution in [2.45, 2.75) is 6.04 Å². The molecule has 2 aliphatic heterocycles. The topological polar surface area (TPSA) is 20.1 Å². The summed E-state index contributed by atoms with van der Waals surface area (Å²) in [7, 11) is 0. The average molecular weight is 69.1 g/mol. The molecule has 26 valence electrons. The maximum Gasteiger partial charge on any atom is 0.248 e. The smallest absolute Gasteiger partial charge is 0.248 e. The highest BCUT2D eigenvalue weighted by Gasteiger charge is 2.61. The van der Waals surface area contributed by atoms with Gasteiger partial charge in [-0.1, -0.05) is 0 Å². The standard InChI is InChI=1S/C3H3NO/c5-3-2-1-4(2)3/h2H,1H2. The van der Waals surface area contributed by atoms with E-state index in [9.17, 15) is 4.79 Å². The number of β-lactam (4-membered cyclic amide) rings is 1. The van der Waals surface area contributed by atoms with Gasteiger partial charge in [0.2, 0.25) is 5.91 Å². The third-order valence-corrected chi connectivity index (χ3v) is 1.11. The van der Waals surface area contributed by atoms with Gasteiger partial charge in [-0.2, -0.15) is 0 Å². The molecule has 0 aliphatic carbocycles.